The Kier molecular flexibility index (Phi) is 5.01. The fourth-order valence-corrected chi connectivity index (χ4v) is 2.58. The van der Waals surface area contributed by atoms with Crippen LogP contribution in [0.3, 0.4) is 0 Å². The van der Waals surface area contributed by atoms with Gasteiger partial charge in [-0.15, -0.1) is 0 Å². The van der Waals surface area contributed by atoms with Gasteiger partial charge in [0.1, 0.15) is 29.8 Å². The molecule has 3 rings (SSSR count). The van der Waals surface area contributed by atoms with E-state index in [0.29, 0.717) is 22.7 Å². The summed E-state index contributed by atoms with van der Waals surface area (Å²) >= 11 is 0. The van der Waals surface area contributed by atoms with Crippen molar-refractivity contribution in [3.05, 3.63) is 54.0 Å². The third-order valence-corrected chi connectivity index (χ3v) is 3.90. The van der Waals surface area contributed by atoms with Gasteiger partial charge in [-0.1, -0.05) is 6.58 Å². The van der Waals surface area contributed by atoms with Crippen molar-refractivity contribution in [1.82, 2.24) is 15.1 Å². The number of halogens is 1. The molecule has 0 radical (unpaired) electrons. The predicted octanol–water partition coefficient (Wildman–Crippen LogP) is 2.68. The molecule has 1 aromatic heterocycles. The average Bonchev–Trinajstić information content (AvgIpc) is 2.98. The minimum absolute atomic E-state index is 0.185. The number of aromatic nitrogens is 2. The number of nitrogens with one attached hydrogen (secondary N) is 1. The van der Waals surface area contributed by atoms with Crippen molar-refractivity contribution in [3.63, 3.8) is 0 Å². The first-order valence-electron chi connectivity index (χ1n) is 8.10. The van der Waals surface area contributed by atoms with Crippen LogP contribution in [0.4, 0.5) is 10.2 Å². The average molecular weight is 358 g/mol. The number of nitrogens with zero attached hydrogens (tertiary/aromatic N) is 3. The number of carbonyl (C=O) groups is 1. The van der Waals surface area contributed by atoms with Crippen molar-refractivity contribution >= 4 is 17.6 Å². The summed E-state index contributed by atoms with van der Waals surface area (Å²) in [7, 11) is 1.67. The fourth-order valence-electron chi connectivity index (χ4n) is 2.58. The van der Waals surface area contributed by atoms with Crippen LogP contribution in [-0.2, 0) is 11.8 Å². The lowest BCUT2D eigenvalue weighted by molar-refractivity contribution is 0.0947. The third kappa shape index (κ3) is 3.58. The second-order valence-electron chi connectivity index (χ2n) is 5.71. The van der Waals surface area contributed by atoms with Crippen molar-refractivity contribution in [2.24, 2.45) is 12.0 Å². The van der Waals surface area contributed by atoms with Gasteiger partial charge in [0, 0.05) is 12.6 Å². The number of aryl methyl sites for hydroxylation is 1. The molecule has 0 spiro atoms. The highest BCUT2D eigenvalue weighted by Crippen LogP contribution is 2.29. The van der Waals surface area contributed by atoms with E-state index in [1.165, 1.54) is 35.2 Å². The van der Waals surface area contributed by atoms with Gasteiger partial charge >= 0.3 is 0 Å². The number of amides is 1. The van der Waals surface area contributed by atoms with Crippen molar-refractivity contribution in [2.75, 3.05) is 13.2 Å². The van der Waals surface area contributed by atoms with E-state index in [4.69, 9.17) is 9.47 Å². The van der Waals surface area contributed by atoms with E-state index in [0.717, 1.165) is 0 Å². The van der Waals surface area contributed by atoms with E-state index in [-0.39, 0.29) is 25.0 Å². The van der Waals surface area contributed by atoms with Crippen LogP contribution in [0.25, 0.3) is 0 Å². The largest absolute Gasteiger partial charge is 0.491 e. The highest BCUT2D eigenvalue weighted by atomic mass is 19.1. The molecule has 1 unspecified atom stereocenters. The molecular weight excluding hydrogens is 339 g/mol. The number of hydrogen-bond acceptors (Lipinski definition) is 5. The van der Waals surface area contributed by atoms with E-state index in [2.05, 4.69) is 22.0 Å². The van der Waals surface area contributed by atoms with E-state index < -0.39 is 11.9 Å². The maximum atomic E-state index is 13.7. The van der Waals surface area contributed by atoms with E-state index in [1.807, 2.05) is 0 Å². The molecule has 1 atom stereocenters. The van der Waals surface area contributed by atoms with Gasteiger partial charge in [-0.2, -0.15) is 10.1 Å². The maximum absolute atomic E-state index is 13.7. The Morgan fingerprint density at radius 1 is 1.46 bits per heavy atom. The summed E-state index contributed by atoms with van der Waals surface area (Å²) in [6, 6.07) is 4.20. The maximum Gasteiger partial charge on any atom is 0.256 e. The lowest BCUT2D eigenvalue weighted by Crippen LogP contribution is -2.28. The Bertz CT molecular complexity index is 875. The molecule has 2 aromatic rings. The molecular formula is C18H19FN4O3. The number of aliphatic imine (C=N–C) groups is 1. The first-order valence-corrected chi connectivity index (χ1v) is 8.10. The van der Waals surface area contributed by atoms with Crippen molar-refractivity contribution in [3.8, 4) is 5.75 Å². The van der Waals surface area contributed by atoms with E-state index in [9.17, 15) is 9.18 Å². The van der Waals surface area contributed by atoms with Crippen LogP contribution in [0.1, 0.15) is 28.9 Å². The molecule has 7 nitrogen and oxygen atoms in total. The Hall–Kier alpha value is -3.16. The van der Waals surface area contributed by atoms with Gasteiger partial charge in [0.05, 0.1) is 12.7 Å². The standard InChI is InChI=1S/C18H19FN4O3/c1-4-16-22-17-14(10-21-23(17)3)18(24)20-7-8-25-15-6-5-12(19)9-13(15)11(2)26-16/h4-6,9-11H,1,7-8H2,2-3H3,(H,20,24). The molecule has 1 amide bonds. The van der Waals surface area contributed by atoms with Crippen molar-refractivity contribution < 1.29 is 18.7 Å². The summed E-state index contributed by atoms with van der Waals surface area (Å²) in [6.45, 7) is 5.95. The molecule has 8 heteroatoms. The SMILES string of the molecule is C=CC1=Nc2c(cnn2C)C(=O)NCCOc2ccc(F)cc2C(C)O1. The first kappa shape index (κ1) is 17.7. The van der Waals surface area contributed by atoms with Crippen LogP contribution in [0.5, 0.6) is 5.75 Å². The molecule has 136 valence electrons. The third-order valence-electron chi connectivity index (χ3n) is 3.90. The summed E-state index contributed by atoms with van der Waals surface area (Å²) in [6.07, 6.45) is 2.31. The molecule has 1 aromatic carbocycles. The molecule has 1 aliphatic rings. The lowest BCUT2D eigenvalue weighted by Gasteiger charge is -2.18. The zero-order valence-corrected chi connectivity index (χ0v) is 14.5. The quantitative estimate of drug-likeness (QED) is 0.850. The Balaban J connectivity index is 2.05. The van der Waals surface area contributed by atoms with Gasteiger partial charge < -0.3 is 14.8 Å². The van der Waals surface area contributed by atoms with Crippen LogP contribution in [0.2, 0.25) is 0 Å². The van der Waals surface area contributed by atoms with Gasteiger partial charge in [0.2, 0.25) is 5.90 Å². The van der Waals surface area contributed by atoms with Gasteiger partial charge in [-0.3, -0.25) is 9.48 Å². The second-order valence-corrected chi connectivity index (χ2v) is 5.71. The second kappa shape index (κ2) is 7.38. The van der Waals surface area contributed by atoms with Crippen LogP contribution < -0.4 is 10.1 Å². The minimum atomic E-state index is -0.543. The number of ether oxygens (including phenoxy) is 2. The summed E-state index contributed by atoms with van der Waals surface area (Å²) in [5, 5.41) is 6.82. The normalized spacial score (nSPS) is 17.7. The Labute approximate surface area is 150 Å². The zero-order chi connectivity index (χ0) is 18.7. The molecule has 0 fully saturated rings. The van der Waals surface area contributed by atoms with Gasteiger partial charge in [-0.25, -0.2) is 4.39 Å². The molecule has 1 N–H and O–H groups in total. The highest BCUT2D eigenvalue weighted by Gasteiger charge is 2.20. The number of benzene rings is 1. The van der Waals surface area contributed by atoms with Crippen LogP contribution in [0, 0.1) is 5.82 Å². The van der Waals surface area contributed by atoms with E-state index >= 15 is 0 Å². The topological polar surface area (TPSA) is 77.7 Å². The van der Waals surface area contributed by atoms with Crippen molar-refractivity contribution in [2.45, 2.75) is 13.0 Å². The lowest BCUT2D eigenvalue weighted by atomic mass is 10.1. The summed E-state index contributed by atoms with van der Waals surface area (Å²) in [5.41, 5.74) is 0.848. The predicted molar refractivity (Wildman–Crippen MR) is 94.2 cm³/mol. The summed E-state index contributed by atoms with van der Waals surface area (Å²) in [4.78, 5) is 16.7. The highest BCUT2D eigenvalue weighted by molar-refractivity contribution is 6.00. The number of fused-ring (bicyclic) bond motifs is 2. The summed E-state index contributed by atoms with van der Waals surface area (Å²) < 4.78 is 26.7. The van der Waals surface area contributed by atoms with Crippen LogP contribution in [-0.4, -0.2) is 34.7 Å². The van der Waals surface area contributed by atoms with Crippen molar-refractivity contribution in [1.29, 1.82) is 0 Å². The minimum Gasteiger partial charge on any atom is -0.491 e. The molecule has 0 aliphatic carbocycles. The van der Waals surface area contributed by atoms with Gasteiger partial charge in [-0.05, 0) is 31.2 Å². The monoisotopic (exact) mass is 358 g/mol. The Morgan fingerprint density at radius 2 is 2.27 bits per heavy atom. The smallest absolute Gasteiger partial charge is 0.256 e. The summed E-state index contributed by atoms with van der Waals surface area (Å²) in [5.74, 6) is 0.283. The molecule has 26 heavy (non-hydrogen) atoms. The molecule has 1 aliphatic heterocycles. The van der Waals surface area contributed by atoms with Crippen LogP contribution >= 0.6 is 0 Å². The molecule has 0 saturated carbocycles. The zero-order valence-electron chi connectivity index (χ0n) is 14.5. The van der Waals surface area contributed by atoms with E-state index in [1.54, 1.807) is 14.0 Å². The van der Waals surface area contributed by atoms with Gasteiger partial charge in [0.15, 0.2) is 5.82 Å². The molecule has 2 heterocycles. The Morgan fingerprint density at radius 3 is 3.04 bits per heavy atom. The molecule has 0 bridgehead atoms. The first-order chi connectivity index (χ1) is 12.5. The van der Waals surface area contributed by atoms with Gasteiger partial charge in [0.25, 0.3) is 5.91 Å². The fraction of sp³-hybridized carbons (Fsp3) is 0.278. The number of hydrogen-bond donors (Lipinski definition) is 1. The number of carbonyl (C=O) groups excluding carboxylic acids is 1. The van der Waals surface area contributed by atoms with Crippen LogP contribution in [0.15, 0.2) is 42.0 Å². The number of rotatable bonds is 1. The molecule has 0 saturated heterocycles.